The highest BCUT2D eigenvalue weighted by Gasteiger charge is 2.32. The molecule has 0 aromatic heterocycles. The summed E-state index contributed by atoms with van der Waals surface area (Å²) < 4.78 is 42.8. The van der Waals surface area contributed by atoms with Crippen LogP contribution >= 0.6 is 0 Å². The van der Waals surface area contributed by atoms with E-state index in [4.69, 9.17) is 10.5 Å². The number of carbonyl (C=O) groups is 1. The number of amides is 1. The predicted molar refractivity (Wildman–Crippen MR) is 100 cm³/mol. The van der Waals surface area contributed by atoms with Gasteiger partial charge in [0.25, 0.3) is 0 Å². The fourth-order valence-corrected chi connectivity index (χ4v) is 3.42. The third kappa shape index (κ3) is 4.08. The number of anilines is 1. The first-order valence-electron chi connectivity index (χ1n) is 8.08. The molecule has 0 spiro atoms. The Kier molecular flexibility index (Phi) is 5.13. The molecule has 27 heavy (non-hydrogen) atoms. The summed E-state index contributed by atoms with van der Waals surface area (Å²) in [5.41, 5.74) is 6.39. The Morgan fingerprint density at radius 2 is 2.00 bits per heavy atom. The summed E-state index contributed by atoms with van der Waals surface area (Å²) in [6, 6.07) is 10.3. The van der Waals surface area contributed by atoms with E-state index in [-0.39, 0.29) is 18.0 Å². The van der Waals surface area contributed by atoms with Crippen molar-refractivity contribution in [1.29, 1.82) is 0 Å². The highest BCUT2D eigenvalue weighted by atomic mass is 32.2. The molecule has 1 unspecified atom stereocenters. The third-order valence-electron chi connectivity index (χ3n) is 4.15. The van der Waals surface area contributed by atoms with Crippen LogP contribution < -0.4 is 10.6 Å². The number of halogens is 1. The van der Waals surface area contributed by atoms with Crippen molar-refractivity contribution in [2.45, 2.75) is 11.0 Å². The minimum Gasteiger partial charge on any atom is -0.442 e. The van der Waals surface area contributed by atoms with Crippen molar-refractivity contribution in [2.24, 2.45) is 10.7 Å². The summed E-state index contributed by atoms with van der Waals surface area (Å²) in [7, 11) is -3.32. The first-order valence-corrected chi connectivity index (χ1v) is 9.97. The van der Waals surface area contributed by atoms with Crippen LogP contribution in [0.15, 0.2) is 52.4 Å². The van der Waals surface area contributed by atoms with E-state index in [2.05, 4.69) is 4.99 Å². The van der Waals surface area contributed by atoms with Crippen molar-refractivity contribution in [3.8, 4) is 11.1 Å². The SMILES string of the molecule is CS(=O)(=O)c1ccc(-c2ccc(N3CC(CN=CN)OC3=O)cc2F)cc1. The highest BCUT2D eigenvalue weighted by molar-refractivity contribution is 7.90. The molecule has 3 rings (SSSR count). The average Bonchev–Trinajstić information content (AvgIpc) is 3.00. The Morgan fingerprint density at radius 1 is 1.30 bits per heavy atom. The van der Waals surface area contributed by atoms with Gasteiger partial charge in [-0.15, -0.1) is 0 Å². The molecule has 2 aromatic carbocycles. The molecule has 0 saturated carbocycles. The summed E-state index contributed by atoms with van der Waals surface area (Å²) in [4.78, 5) is 17.3. The van der Waals surface area contributed by atoms with Gasteiger partial charge in [0.05, 0.1) is 30.0 Å². The Balaban J connectivity index is 1.83. The van der Waals surface area contributed by atoms with Gasteiger partial charge in [0, 0.05) is 11.8 Å². The van der Waals surface area contributed by atoms with Crippen LogP contribution in [0.3, 0.4) is 0 Å². The third-order valence-corrected chi connectivity index (χ3v) is 5.27. The molecule has 9 heteroatoms. The standard InChI is InChI=1S/C18H18FN3O4S/c1-27(24,25)15-5-2-12(3-6-15)16-7-4-13(8-17(16)19)22-10-14(9-21-11-20)26-18(22)23/h2-8,11,14H,9-10H2,1H3,(H2,20,21). The van der Waals surface area contributed by atoms with Gasteiger partial charge in [-0.25, -0.2) is 17.6 Å². The molecule has 1 saturated heterocycles. The molecule has 1 aliphatic heterocycles. The van der Waals surface area contributed by atoms with Crippen molar-refractivity contribution < 1.29 is 22.3 Å². The number of sulfone groups is 1. The van der Waals surface area contributed by atoms with Crippen molar-refractivity contribution >= 4 is 28.0 Å². The molecule has 142 valence electrons. The number of nitrogens with zero attached hydrogens (tertiary/aromatic N) is 2. The molecule has 0 radical (unpaired) electrons. The second kappa shape index (κ2) is 7.36. The van der Waals surface area contributed by atoms with Crippen LogP contribution in [0.25, 0.3) is 11.1 Å². The summed E-state index contributed by atoms with van der Waals surface area (Å²) in [5.74, 6) is -0.532. The van der Waals surface area contributed by atoms with Gasteiger partial charge in [0.1, 0.15) is 11.9 Å². The summed E-state index contributed by atoms with van der Waals surface area (Å²) in [6.45, 7) is 0.490. The minimum atomic E-state index is -3.32. The van der Waals surface area contributed by atoms with Crippen LogP contribution in [0.4, 0.5) is 14.9 Å². The maximum atomic E-state index is 14.6. The van der Waals surface area contributed by atoms with E-state index in [1.165, 1.54) is 23.1 Å². The molecular formula is C18H18FN3O4S. The molecule has 1 aliphatic rings. The zero-order valence-electron chi connectivity index (χ0n) is 14.5. The van der Waals surface area contributed by atoms with Crippen molar-refractivity contribution in [2.75, 3.05) is 24.2 Å². The molecule has 1 atom stereocenters. The largest absolute Gasteiger partial charge is 0.442 e. The average molecular weight is 391 g/mol. The lowest BCUT2D eigenvalue weighted by Gasteiger charge is -2.14. The Labute approximate surface area is 156 Å². The second-order valence-electron chi connectivity index (χ2n) is 6.09. The summed E-state index contributed by atoms with van der Waals surface area (Å²) in [6.07, 6.45) is 1.24. The van der Waals surface area contributed by atoms with Gasteiger partial charge in [-0.2, -0.15) is 0 Å². The lowest BCUT2D eigenvalue weighted by Crippen LogP contribution is -2.25. The number of ether oxygens (including phenoxy) is 1. The van der Waals surface area contributed by atoms with Gasteiger partial charge >= 0.3 is 6.09 Å². The topological polar surface area (TPSA) is 102 Å². The van der Waals surface area contributed by atoms with Crippen molar-refractivity contribution in [3.05, 3.63) is 48.3 Å². The van der Waals surface area contributed by atoms with E-state index < -0.39 is 27.9 Å². The number of carbonyl (C=O) groups excluding carboxylic acids is 1. The van der Waals surface area contributed by atoms with Crippen LogP contribution in [0.5, 0.6) is 0 Å². The molecule has 0 bridgehead atoms. The van der Waals surface area contributed by atoms with E-state index in [1.807, 2.05) is 0 Å². The van der Waals surface area contributed by atoms with Gasteiger partial charge in [-0.3, -0.25) is 9.89 Å². The molecule has 7 nitrogen and oxygen atoms in total. The number of aliphatic imine (C=N–C) groups is 1. The number of hydrogen-bond donors (Lipinski definition) is 1. The van der Waals surface area contributed by atoms with Gasteiger partial charge in [-0.1, -0.05) is 12.1 Å². The molecular weight excluding hydrogens is 373 g/mol. The fourth-order valence-electron chi connectivity index (χ4n) is 2.79. The Bertz CT molecular complexity index is 990. The van der Waals surface area contributed by atoms with Gasteiger partial charge in [-0.05, 0) is 35.9 Å². The van der Waals surface area contributed by atoms with Crippen LogP contribution in [0, 0.1) is 5.82 Å². The van der Waals surface area contributed by atoms with Crippen LogP contribution in [-0.2, 0) is 14.6 Å². The second-order valence-corrected chi connectivity index (χ2v) is 8.11. The van der Waals surface area contributed by atoms with E-state index >= 15 is 0 Å². The number of hydrogen-bond acceptors (Lipinski definition) is 5. The lowest BCUT2D eigenvalue weighted by molar-refractivity contribution is 0.145. The fraction of sp³-hybridized carbons (Fsp3) is 0.222. The number of nitrogens with two attached hydrogens (primary N) is 1. The zero-order chi connectivity index (χ0) is 19.6. The maximum absolute atomic E-state index is 14.6. The minimum absolute atomic E-state index is 0.161. The first kappa shape index (κ1) is 18.8. The smallest absolute Gasteiger partial charge is 0.414 e. The predicted octanol–water partition coefficient (Wildman–Crippen LogP) is 2.21. The lowest BCUT2D eigenvalue weighted by atomic mass is 10.0. The van der Waals surface area contributed by atoms with Gasteiger partial charge in [0.2, 0.25) is 0 Å². The Hall–Kier alpha value is -2.94. The number of cyclic esters (lactones) is 1. The number of rotatable bonds is 5. The van der Waals surface area contributed by atoms with Crippen molar-refractivity contribution in [1.82, 2.24) is 0 Å². The van der Waals surface area contributed by atoms with Gasteiger partial charge in [0.15, 0.2) is 9.84 Å². The van der Waals surface area contributed by atoms with E-state index in [0.717, 1.165) is 12.6 Å². The Morgan fingerprint density at radius 3 is 2.59 bits per heavy atom. The molecule has 2 N–H and O–H groups in total. The van der Waals surface area contributed by atoms with Crippen LogP contribution in [0.1, 0.15) is 0 Å². The van der Waals surface area contributed by atoms with Crippen LogP contribution in [0.2, 0.25) is 0 Å². The number of benzene rings is 2. The monoisotopic (exact) mass is 391 g/mol. The van der Waals surface area contributed by atoms with E-state index in [1.54, 1.807) is 24.3 Å². The molecule has 1 amide bonds. The molecule has 1 heterocycles. The van der Waals surface area contributed by atoms with Crippen molar-refractivity contribution in [3.63, 3.8) is 0 Å². The molecule has 2 aromatic rings. The quantitative estimate of drug-likeness (QED) is 0.622. The first-order chi connectivity index (χ1) is 12.8. The summed E-state index contributed by atoms with van der Waals surface area (Å²) >= 11 is 0. The maximum Gasteiger partial charge on any atom is 0.414 e. The normalized spacial score (nSPS) is 17.5. The van der Waals surface area contributed by atoms with Crippen LogP contribution in [-0.4, -0.2) is 46.3 Å². The summed E-state index contributed by atoms with van der Waals surface area (Å²) in [5, 5.41) is 0. The van der Waals surface area contributed by atoms with E-state index in [9.17, 15) is 17.6 Å². The zero-order valence-corrected chi connectivity index (χ0v) is 15.3. The van der Waals surface area contributed by atoms with Gasteiger partial charge < -0.3 is 10.5 Å². The molecule has 0 aliphatic carbocycles. The molecule has 1 fully saturated rings. The highest BCUT2D eigenvalue weighted by Crippen LogP contribution is 2.29. The van der Waals surface area contributed by atoms with E-state index in [0.29, 0.717) is 16.8 Å².